The van der Waals surface area contributed by atoms with Gasteiger partial charge in [-0.1, -0.05) is 44.2 Å². The highest BCUT2D eigenvalue weighted by molar-refractivity contribution is 5.75. The fraction of sp³-hybridized carbons (Fsp3) is 0.550. The molecule has 1 unspecified atom stereocenters. The molecular formula is C20H30N4O2. The summed E-state index contributed by atoms with van der Waals surface area (Å²) in [5.41, 5.74) is 1.03. The van der Waals surface area contributed by atoms with E-state index in [4.69, 9.17) is 4.74 Å². The second-order valence-electron chi connectivity index (χ2n) is 7.03. The zero-order valence-corrected chi connectivity index (χ0v) is 16.2. The molecule has 1 heterocycles. The Morgan fingerprint density at radius 2 is 1.92 bits per heavy atom. The molecule has 1 amide bonds. The molecule has 142 valence electrons. The van der Waals surface area contributed by atoms with Gasteiger partial charge in [-0.25, -0.2) is 0 Å². The van der Waals surface area contributed by atoms with Gasteiger partial charge < -0.3 is 14.6 Å². The summed E-state index contributed by atoms with van der Waals surface area (Å²) >= 11 is 0. The van der Waals surface area contributed by atoms with Crippen LogP contribution >= 0.6 is 0 Å². The Kier molecular flexibility index (Phi) is 7.78. The van der Waals surface area contributed by atoms with Crippen molar-refractivity contribution in [3.63, 3.8) is 0 Å². The first-order valence-corrected chi connectivity index (χ1v) is 9.29. The van der Waals surface area contributed by atoms with Gasteiger partial charge in [-0.3, -0.25) is 4.79 Å². The minimum atomic E-state index is 0.00666. The fourth-order valence-corrected chi connectivity index (χ4v) is 2.90. The summed E-state index contributed by atoms with van der Waals surface area (Å²) in [6, 6.07) is 9.96. The molecule has 26 heavy (non-hydrogen) atoms. The van der Waals surface area contributed by atoms with Crippen LogP contribution in [-0.2, 0) is 23.0 Å². The molecule has 0 fully saturated rings. The smallest absolute Gasteiger partial charge is 0.222 e. The highest BCUT2D eigenvalue weighted by Crippen LogP contribution is 2.16. The van der Waals surface area contributed by atoms with Crippen molar-refractivity contribution in [2.45, 2.75) is 46.1 Å². The van der Waals surface area contributed by atoms with Crippen molar-refractivity contribution in [3.05, 3.63) is 36.2 Å². The SMILES string of the molecule is CC(C)CC(C)OCCC(=O)NCCc1nnc(-c2ccccc2)n1C. The van der Waals surface area contributed by atoms with Crippen LogP contribution in [0.2, 0.25) is 0 Å². The van der Waals surface area contributed by atoms with Crippen LogP contribution in [0.25, 0.3) is 11.4 Å². The number of ether oxygens (including phenoxy) is 1. The number of nitrogens with one attached hydrogen (secondary N) is 1. The Morgan fingerprint density at radius 1 is 1.19 bits per heavy atom. The summed E-state index contributed by atoms with van der Waals surface area (Å²) in [7, 11) is 1.95. The molecule has 0 aliphatic rings. The summed E-state index contributed by atoms with van der Waals surface area (Å²) in [6.07, 6.45) is 2.23. The maximum Gasteiger partial charge on any atom is 0.222 e. The molecule has 0 radical (unpaired) electrons. The van der Waals surface area contributed by atoms with E-state index in [1.165, 1.54) is 0 Å². The quantitative estimate of drug-likeness (QED) is 0.709. The molecule has 1 aromatic carbocycles. The second-order valence-corrected chi connectivity index (χ2v) is 7.03. The zero-order chi connectivity index (χ0) is 18.9. The van der Waals surface area contributed by atoms with E-state index in [1.54, 1.807) is 0 Å². The normalized spacial score (nSPS) is 12.3. The van der Waals surface area contributed by atoms with Crippen molar-refractivity contribution < 1.29 is 9.53 Å². The first kappa shape index (κ1) is 20.1. The summed E-state index contributed by atoms with van der Waals surface area (Å²) in [4.78, 5) is 11.9. The molecular weight excluding hydrogens is 328 g/mol. The first-order chi connectivity index (χ1) is 12.5. The van der Waals surface area contributed by atoms with Gasteiger partial charge in [0.15, 0.2) is 5.82 Å². The van der Waals surface area contributed by atoms with Crippen molar-refractivity contribution in [1.29, 1.82) is 0 Å². The number of rotatable bonds is 10. The lowest BCUT2D eigenvalue weighted by molar-refractivity contribution is -0.122. The lowest BCUT2D eigenvalue weighted by Gasteiger charge is -2.14. The number of aromatic nitrogens is 3. The van der Waals surface area contributed by atoms with Gasteiger partial charge in [0.1, 0.15) is 5.82 Å². The molecule has 0 saturated heterocycles. The molecule has 0 aliphatic heterocycles. The Balaban J connectivity index is 1.71. The number of benzene rings is 1. The van der Waals surface area contributed by atoms with E-state index < -0.39 is 0 Å². The highest BCUT2D eigenvalue weighted by Gasteiger charge is 2.11. The maximum atomic E-state index is 11.9. The fourth-order valence-electron chi connectivity index (χ4n) is 2.90. The molecule has 6 heteroatoms. The van der Waals surface area contributed by atoms with Crippen LogP contribution in [0.15, 0.2) is 30.3 Å². The van der Waals surface area contributed by atoms with E-state index in [2.05, 4.69) is 36.3 Å². The van der Waals surface area contributed by atoms with Gasteiger partial charge in [-0.15, -0.1) is 10.2 Å². The van der Waals surface area contributed by atoms with Crippen molar-refractivity contribution in [2.24, 2.45) is 13.0 Å². The Hall–Kier alpha value is -2.21. The molecule has 2 rings (SSSR count). The Morgan fingerprint density at radius 3 is 2.62 bits per heavy atom. The van der Waals surface area contributed by atoms with Crippen LogP contribution in [0, 0.1) is 5.92 Å². The molecule has 0 bridgehead atoms. The number of amides is 1. The van der Waals surface area contributed by atoms with Crippen LogP contribution in [-0.4, -0.2) is 39.9 Å². The van der Waals surface area contributed by atoms with Crippen LogP contribution < -0.4 is 5.32 Å². The van der Waals surface area contributed by atoms with E-state index in [9.17, 15) is 4.79 Å². The molecule has 1 atom stereocenters. The molecule has 1 N–H and O–H groups in total. The van der Waals surface area contributed by atoms with Gasteiger partial charge in [-0.2, -0.15) is 0 Å². The zero-order valence-electron chi connectivity index (χ0n) is 16.2. The summed E-state index contributed by atoms with van der Waals surface area (Å²) in [5, 5.41) is 11.4. The van der Waals surface area contributed by atoms with E-state index in [1.807, 2.05) is 41.9 Å². The van der Waals surface area contributed by atoms with Gasteiger partial charge in [0.05, 0.1) is 12.7 Å². The minimum Gasteiger partial charge on any atom is -0.378 e. The standard InChI is InChI=1S/C20H30N4O2/c1-15(2)14-16(3)26-13-11-19(25)21-12-10-18-22-23-20(24(18)4)17-8-6-5-7-9-17/h5-9,15-16H,10-14H2,1-4H3,(H,21,25). The Labute approximate surface area is 156 Å². The van der Waals surface area contributed by atoms with Gasteiger partial charge in [0, 0.05) is 32.0 Å². The third kappa shape index (κ3) is 6.26. The van der Waals surface area contributed by atoms with Gasteiger partial charge >= 0.3 is 0 Å². The lowest BCUT2D eigenvalue weighted by atomic mass is 10.1. The first-order valence-electron chi connectivity index (χ1n) is 9.29. The minimum absolute atomic E-state index is 0.00666. The van der Waals surface area contributed by atoms with Gasteiger partial charge in [-0.05, 0) is 19.3 Å². The number of hydrogen-bond acceptors (Lipinski definition) is 4. The number of nitrogens with zero attached hydrogens (tertiary/aromatic N) is 3. The molecule has 0 saturated carbocycles. The van der Waals surface area contributed by atoms with Crippen LogP contribution in [0.5, 0.6) is 0 Å². The third-order valence-electron chi connectivity index (χ3n) is 4.20. The Bertz CT molecular complexity index is 682. The van der Waals surface area contributed by atoms with Crippen LogP contribution in [0.4, 0.5) is 0 Å². The van der Waals surface area contributed by atoms with E-state index in [-0.39, 0.29) is 12.0 Å². The number of carbonyl (C=O) groups excluding carboxylic acids is 1. The molecule has 1 aromatic heterocycles. The average molecular weight is 358 g/mol. The number of hydrogen-bond donors (Lipinski definition) is 1. The predicted octanol–water partition coefficient (Wildman–Crippen LogP) is 2.98. The molecule has 6 nitrogen and oxygen atoms in total. The predicted molar refractivity (Wildman–Crippen MR) is 103 cm³/mol. The lowest BCUT2D eigenvalue weighted by Crippen LogP contribution is -2.27. The largest absolute Gasteiger partial charge is 0.378 e. The maximum absolute atomic E-state index is 11.9. The molecule has 0 spiro atoms. The summed E-state index contributed by atoms with van der Waals surface area (Å²) in [5.74, 6) is 2.30. The van der Waals surface area contributed by atoms with Crippen LogP contribution in [0.1, 0.15) is 39.4 Å². The average Bonchev–Trinajstić information content (AvgIpc) is 2.96. The summed E-state index contributed by atoms with van der Waals surface area (Å²) in [6.45, 7) is 7.39. The van der Waals surface area contributed by atoms with Gasteiger partial charge in [0.25, 0.3) is 0 Å². The summed E-state index contributed by atoms with van der Waals surface area (Å²) < 4.78 is 7.64. The van der Waals surface area contributed by atoms with Crippen molar-refractivity contribution >= 4 is 5.91 Å². The van der Waals surface area contributed by atoms with E-state index in [0.717, 1.165) is 23.6 Å². The van der Waals surface area contributed by atoms with E-state index >= 15 is 0 Å². The topological polar surface area (TPSA) is 69.0 Å². The monoisotopic (exact) mass is 358 g/mol. The van der Waals surface area contributed by atoms with Crippen LogP contribution in [0.3, 0.4) is 0 Å². The van der Waals surface area contributed by atoms with Crippen molar-refractivity contribution in [3.8, 4) is 11.4 Å². The van der Waals surface area contributed by atoms with Crippen molar-refractivity contribution in [1.82, 2.24) is 20.1 Å². The highest BCUT2D eigenvalue weighted by atomic mass is 16.5. The third-order valence-corrected chi connectivity index (χ3v) is 4.20. The second kappa shape index (κ2) is 10.1. The van der Waals surface area contributed by atoms with E-state index in [0.29, 0.717) is 31.9 Å². The molecule has 2 aromatic rings. The molecule has 0 aliphatic carbocycles. The van der Waals surface area contributed by atoms with Gasteiger partial charge in [0.2, 0.25) is 5.91 Å². The van der Waals surface area contributed by atoms with Crippen molar-refractivity contribution in [2.75, 3.05) is 13.2 Å². The number of carbonyl (C=O) groups is 1.